The monoisotopic (exact) mass is 450 g/mol. The molecule has 1 N–H and O–H groups in total. The molecule has 0 aliphatic rings. The lowest BCUT2D eigenvalue weighted by Crippen LogP contribution is -2.29. The predicted molar refractivity (Wildman–Crippen MR) is 107 cm³/mol. The van der Waals surface area contributed by atoms with Crippen molar-refractivity contribution in [1.82, 2.24) is 9.38 Å². The predicted octanol–water partition coefficient (Wildman–Crippen LogP) is 3.47. The third-order valence-corrected chi connectivity index (χ3v) is 4.47. The number of alkyl halides is 3. The van der Waals surface area contributed by atoms with Gasteiger partial charge in [-0.05, 0) is 37.6 Å². The third kappa shape index (κ3) is 5.02. The highest BCUT2D eigenvalue weighted by atomic mass is 19.4. The van der Waals surface area contributed by atoms with Crippen molar-refractivity contribution in [2.24, 2.45) is 0 Å². The summed E-state index contributed by atoms with van der Waals surface area (Å²) in [5, 5.41) is 13.6. The second kappa shape index (κ2) is 8.65. The molecule has 0 aliphatic carbocycles. The molecule has 1 atom stereocenters. The number of nitrogens with one attached hydrogen (secondary N) is 1. The van der Waals surface area contributed by atoms with E-state index in [1.165, 1.54) is 17.4 Å². The van der Waals surface area contributed by atoms with Crippen molar-refractivity contribution >= 4 is 23.0 Å². The van der Waals surface area contributed by atoms with E-state index in [2.05, 4.69) is 10.3 Å². The molecule has 1 unspecified atom stereocenters. The van der Waals surface area contributed by atoms with Gasteiger partial charge in [-0.2, -0.15) is 13.2 Å². The SMILES string of the molecule is Cc1ccc2nc(COC(=O)C(C)Nc3ccc(C(F)(F)F)cc3[N+](=O)[O-])cc(=O)n2c1. The van der Waals surface area contributed by atoms with Crippen LogP contribution in [-0.2, 0) is 22.3 Å². The second-order valence-electron chi connectivity index (χ2n) is 6.98. The number of nitrogens with zero attached hydrogens (tertiary/aromatic N) is 3. The maximum Gasteiger partial charge on any atom is 0.416 e. The van der Waals surface area contributed by atoms with Crippen LogP contribution >= 0.6 is 0 Å². The molecule has 2 aromatic heterocycles. The Hall–Kier alpha value is -3.96. The van der Waals surface area contributed by atoms with Crippen molar-refractivity contribution in [1.29, 1.82) is 0 Å². The van der Waals surface area contributed by atoms with E-state index >= 15 is 0 Å². The quantitative estimate of drug-likeness (QED) is 0.347. The molecule has 0 aliphatic heterocycles. The molecule has 0 fully saturated rings. The van der Waals surface area contributed by atoms with Gasteiger partial charge in [-0.1, -0.05) is 6.07 Å². The molecular formula is C20H17F3N4O5. The van der Waals surface area contributed by atoms with Crippen LogP contribution in [0.2, 0.25) is 0 Å². The van der Waals surface area contributed by atoms with Crippen LogP contribution in [0.1, 0.15) is 23.7 Å². The highest BCUT2D eigenvalue weighted by molar-refractivity contribution is 5.80. The standard InChI is InChI=1S/C20H17F3N4O5/c1-11-3-6-17-25-14(8-18(28)26(17)9-11)10-32-19(29)12(2)24-15-5-4-13(20(21,22)23)7-16(15)27(30)31/h3-9,12,24H,10H2,1-2H3. The fourth-order valence-corrected chi connectivity index (χ4v) is 2.88. The zero-order valence-electron chi connectivity index (χ0n) is 16.8. The van der Waals surface area contributed by atoms with E-state index < -0.39 is 34.4 Å². The van der Waals surface area contributed by atoms with Crippen LogP contribution in [0, 0.1) is 17.0 Å². The number of hydrogen-bond donors (Lipinski definition) is 1. The van der Waals surface area contributed by atoms with Crippen LogP contribution in [0.15, 0.2) is 47.4 Å². The summed E-state index contributed by atoms with van der Waals surface area (Å²) in [6.45, 7) is 2.81. The Morgan fingerprint density at radius 2 is 2.00 bits per heavy atom. The minimum absolute atomic E-state index is 0.194. The fourth-order valence-electron chi connectivity index (χ4n) is 2.88. The summed E-state index contributed by atoms with van der Waals surface area (Å²) >= 11 is 0. The summed E-state index contributed by atoms with van der Waals surface area (Å²) in [6, 6.07) is 5.40. The zero-order valence-corrected chi connectivity index (χ0v) is 16.8. The molecule has 0 radical (unpaired) electrons. The van der Waals surface area contributed by atoms with E-state index in [-0.39, 0.29) is 23.5 Å². The van der Waals surface area contributed by atoms with E-state index in [0.29, 0.717) is 17.8 Å². The first-order chi connectivity index (χ1) is 15.0. The maximum absolute atomic E-state index is 12.8. The van der Waals surface area contributed by atoms with Gasteiger partial charge in [0.2, 0.25) is 0 Å². The number of halogens is 3. The Kier molecular flexibility index (Phi) is 6.14. The molecule has 0 bridgehead atoms. The maximum atomic E-state index is 12.8. The molecule has 9 nitrogen and oxygen atoms in total. The smallest absolute Gasteiger partial charge is 0.416 e. The zero-order chi connectivity index (χ0) is 23.6. The summed E-state index contributed by atoms with van der Waals surface area (Å²) < 4.78 is 44.9. The minimum Gasteiger partial charge on any atom is -0.458 e. The van der Waals surface area contributed by atoms with E-state index in [1.807, 2.05) is 6.92 Å². The Morgan fingerprint density at radius 3 is 2.66 bits per heavy atom. The molecular weight excluding hydrogens is 433 g/mol. The summed E-state index contributed by atoms with van der Waals surface area (Å²) in [7, 11) is 0. The Bertz CT molecular complexity index is 1260. The van der Waals surface area contributed by atoms with Gasteiger partial charge in [0.15, 0.2) is 0 Å². The van der Waals surface area contributed by atoms with Crippen LogP contribution in [0.25, 0.3) is 5.65 Å². The van der Waals surface area contributed by atoms with Gasteiger partial charge in [0.1, 0.15) is 24.0 Å². The van der Waals surface area contributed by atoms with Gasteiger partial charge >= 0.3 is 12.1 Å². The molecule has 168 valence electrons. The van der Waals surface area contributed by atoms with Crippen molar-refractivity contribution in [3.63, 3.8) is 0 Å². The summed E-state index contributed by atoms with van der Waals surface area (Å²) in [4.78, 5) is 38.9. The van der Waals surface area contributed by atoms with E-state index in [1.54, 1.807) is 18.3 Å². The van der Waals surface area contributed by atoms with Crippen LogP contribution in [-0.4, -0.2) is 26.3 Å². The average Bonchev–Trinajstić information content (AvgIpc) is 2.71. The van der Waals surface area contributed by atoms with Gasteiger partial charge in [-0.3, -0.25) is 19.3 Å². The molecule has 0 amide bonds. The van der Waals surface area contributed by atoms with E-state index in [9.17, 15) is 32.9 Å². The summed E-state index contributed by atoms with van der Waals surface area (Å²) in [5.74, 6) is -0.842. The van der Waals surface area contributed by atoms with Crippen LogP contribution in [0.5, 0.6) is 0 Å². The molecule has 3 aromatic rings. The highest BCUT2D eigenvalue weighted by Crippen LogP contribution is 2.35. The summed E-state index contributed by atoms with van der Waals surface area (Å²) in [5.41, 5.74) is -1.24. The molecule has 0 spiro atoms. The number of carbonyl (C=O) groups excluding carboxylic acids is 1. The lowest BCUT2D eigenvalue weighted by molar-refractivity contribution is -0.384. The lowest BCUT2D eigenvalue weighted by atomic mass is 10.1. The molecule has 3 rings (SSSR count). The fraction of sp³-hybridized carbons (Fsp3) is 0.250. The third-order valence-electron chi connectivity index (χ3n) is 4.47. The van der Waals surface area contributed by atoms with Gasteiger partial charge in [-0.15, -0.1) is 0 Å². The second-order valence-corrected chi connectivity index (χ2v) is 6.98. The van der Waals surface area contributed by atoms with Crippen molar-refractivity contribution in [3.05, 3.63) is 79.9 Å². The van der Waals surface area contributed by atoms with Crippen molar-refractivity contribution in [2.45, 2.75) is 32.7 Å². The highest BCUT2D eigenvalue weighted by Gasteiger charge is 2.33. The number of aromatic nitrogens is 2. The first kappa shape index (κ1) is 22.7. The molecule has 0 saturated carbocycles. The Labute approximate surface area is 178 Å². The van der Waals surface area contributed by atoms with Gasteiger partial charge in [0.05, 0.1) is 16.2 Å². The molecule has 2 heterocycles. The van der Waals surface area contributed by atoms with Gasteiger partial charge < -0.3 is 10.1 Å². The van der Waals surface area contributed by atoms with Crippen molar-refractivity contribution in [2.75, 3.05) is 5.32 Å². The number of benzene rings is 1. The van der Waals surface area contributed by atoms with Gasteiger partial charge in [-0.25, -0.2) is 9.78 Å². The summed E-state index contributed by atoms with van der Waals surface area (Å²) in [6.07, 6.45) is -3.14. The molecule has 32 heavy (non-hydrogen) atoms. The molecule has 1 aromatic carbocycles. The minimum atomic E-state index is -4.75. The van der Waals surface area contributed by atoms with Crippen LogP contribution < -0.4 is 10.9 Å². The first-order valence-electron chi connectivity index (χ1n) is 9.23. The number of esters is 1. The van der Waals surface area contributed by atoms with Crippen LogP contribution in [0.4, 0.5) is 24.5 Å². The molecule has 12 heteroatoms. The number of rotatable bonds is 6. The van der Waals surface area contributed by atoms with Gasteiger partial charge in [0.25, 0.3) is 11.2 Å². The lowest BCUT2D eigenvalue weighted by Gasteiger charge is -2.15. The number of anilines is 1. The normalized spacial score (nSPS) is 12.4. The van der Waals surface area contributed by atoms with Crippen molar-refractivity contribution in [3.8, 4) is 0 Å². The Morgan fingerprint density at radius 1 is 1.28 bits per heavy atom. The number of nitro benzene ring substituents is 1. The number of carbonyl (C=O) groups is 1. The number of pyridine rings is 1. The number of aryl methyl sites for hydroxylation is 1. The largest absolute Gasteiger partial charge is 0.458 e. The van der Waals surface area contributed by atoms with E-state index in [0.717, 1.165) is 11.6 Å². The molecule has 0 saturated heterocycles. The van der Waals surface area contributed by atoms with Crippen molar-refractivity contribution < 1.29 is 27.6 Å². The number of nitro groups is 1. The van der Waals surface area contributed by atoms with Gasteiger partial charge in [0, 0.05) is 18.3 Å². The number of ether oxygens (including phenoxy) is 1. The average molecular weight is 450 g/mol. The number of hydrogen-bond acceptors (Lipinski definition) is 7. The van der Waals surface area contributed by atoms with E-state index in [4.69, 9.17) is 4.74 Å². The van der Waals surface area contributed by atoms with Crippen LogP contribution in [0.3, 0.4) is 0 Å². The topological polar surface area (TPSA) is 116 Å². The number of fused-ring (bicyclic) bond motifs is 1. The first-order valence-corrected chi connectivity index (χ1v) is 9.23. The Balaban J connectivity index is 1.72.